The molecule has 1 aromatic heterocycles. The zero-order valence-electron chi connectivity index (χ0n) is 11.4. The van der Waals surface area contributed by atoms with Crippen LogP contribution >= 0.6 is 0 Å². The summed E-state index contributed by atoms with van der Waals surface area (Å²) in [4.78, 5) is 6.50. The minimum Gasteiger partial charge on any atom is -0.411 e. The lowest BCUT2D eigenvalue weighted by Gasteiger charge is -2.34. The maximum atomic E-state index is 9.32. The molecule has 0 spiro atoms. The summed E-state index contributed by atoms with van der Waals surface area (Å²) in [6, 6.07) is 4.46. The first-order chi connectivity index (χ1) is 9.33. The molecule has 0 unspecified atom stereocenters. The second kappa shape index (κ2) is 5.29. The summed E-state index contributed by atoms with van der Waals surface area (Å²) in [7, 11) is 0. The van der Waals surface area contributed by atoms with Crippen molar-refractivity contribution in [1.82, 2.24) is 9.88 Å². The molecule has 0 radical (unpaired) electrons. The molecule has 3 rings (SSSR count). The number of hydrogen-bond acceptors (Lipinski definition) is 4. The van der Waals surface area contributed by atoms with Crippen molar-refractivity contribution in [3.63, 3.8) is 0 Å². The van der Waals surface area contributed by atoms with Crippen molar-refractivity contribution in [3.8, 4) is 0 Å². The predicted molar refractivity (Wildman–Crippen MR) is 74.2 cm³/mol. The van der Waals surface area contributed by atoms with Gasteiger partial charge < -0.3 is 5.21 Å². The Morgan fingerprint density at radius 1 is 1.37 bits per heavy atom. The van der Waals surface area contributed by atoms with E-state index in [1.165, 1.54) is 24.8 Å². The number of rotatable bonds is 4. The van der Waals surface area contributed by atoms with Crippen LogP contribution in [0.4, 0.5) is 0 Å². The molecule has 1 heterocycles. The lowest BCUT2D eigenvalue weighted by molar-refractivity contribution is 0.192. The van der Waals surface area contributed by atoms with Crippen LogP contribution in [0.1, 0.15) is 31.7 Å². The molecule has 19 heavy (non-hydrogen) atoms. The highest BCUT2D eigenvalue weighted by Gasteiger charge is 2.47. The van der Waals surface area contributed by atoms with Gasteiger partial charge in [-0.15, -0.1) is 0 Å². The molecule has 1 aromatic rings. The second-order valence-electron chi connectivity index (χ2n) is 5.66. The Hall–Kier alpha value is -1.42. The van der Waals surface area contributed by atoms with Gasteiger partial charge in [-0.2, -0.15) is 0 Å². The van der Waals surface area contributed by atoms with E-state index in [1.54, 1.807) is 0 Å². The average molecular weight is 259 g/mol. The van der Waals surface area contributed by atoms with E-state index in [1.807, 2.05) is 12.4 Å². The Morgan fingerprint density at radius 2 is 2.16 bits per heavy atom. The van der Waals surface area contributed by atoms with Crippen LogP contribution < -0.4 is 0 Å². The van der Waals surface area contributed by atoms with Crippen LogP contribution in [0.5, 0.6) is 0 Å². The second-order valence-corrected chi connectivity index (χ2v) is 5.66. The number of pyridine rings is 1. The quantitative estimate of drug-likeness (QED) is 0.667. The third-order valence-electron chi connectivity index (χ3n) is 4.69. The van der Waals surface area contributed by atoms with Gasteiger partial charge in [-0.3, -0.25) is 9.88 Å². The molecule has 2 aliphatic rings. The van der Waals surface area contributed by atoms with Crippen LogP contribution in [0.3, 0.4) is 0 Å². The van der Waals surface area contributed by atoms with Gasteiger partial charge in [-0.1, -0.05) is 12.1 Å². The lowest BCUT2D eigenvalue weighted by atomic mass is 9.91. The number of hydrogen-bond donors (Lipinski definition) is 1. The van der Waals surface area contributed by atoms with Crippen molar-refractivity contribution < 1.29 is 5.21 Å². The molecule has 0 saturated heterocycles. The van der Waals surface area contributed by atoms with Crippen LogP contribution in [0.25, 0.3) is 0 Å². The maximum absolute atomic E-state index is 9.32. The van der Waals surface area contributed by atoms with Crippen molar-refractivity contribution in [3.05, 3.63) is 30.1 Å². The van der Waals surface area contributed by atoms with Crippen molar-refractivity contribution >= 4 is 5.71 Å². The fraction of sp³-hybridized carbons (Fsp3) is 0.600. The van der Waals surface area contributed by atoms with Crippen LogP contribution in [-0.2, 0) is 6.54 Å². The Labute approximate surface area is 114 Å². The first-order valence-corrected chi connectivity index (χ1v) is 7.18. The van der Waals surface area contributed by atoms with Crippen molar-refractivity contribution in [2.24, 2.45) is 17.0 Å². The molecule has 102 valence electrons. The minimum atomic E-state index is 0.335. The summed E-state index contributed by atoms with van der Waals surface area (Å²) in [6.45, 7) is 4.07. The van der Waals surface area contributed by atoms with Crippen LogP contribution in [0.15, 0.2) is 29.7 Å². The summed E-state index contributed by atoms with van der Waals surface area (Å²) >= 11 is 0. The van der Waals surface area contributed by atoms with Gasteiger partial charge in [0.15, 0.2) is 0 Å². The number of nitrogens with zero attached hydrogens (tertiary/aromatic N) is 3. The van der Waals surface area contributed by atoms with E-state index in [9.17, 15) is 5.21 Å². The Bertz CT molecular complexity index is 460. The highest BCUT2D eigenvalue weighted by molar-refractivity contribution is 5.94. The normalized spacial score (nSPS) is 31.5. The van der Waals surface area contributed by atoms with Crippen molar-refractivity contribution in [2.75, 3.05) is 6.54 Å². The third kappa shape index (κ3) is 2.25. The monoisotopic (exact) mass is 259 g/mol. The molecule has 4 heteroatoms. The van der Waals surface area contributed by atoms with Crippen molar-refractivity contribution in [1.29, 1.82) is 0 Å². The fourth-order valence-electron chi connectivity index (χ4n) is 3.81. The molecular weight excluding hydrogens is 238 g/mol. The zero-order valence-corrected chi connectivity index (χ0v) is 11.4. The molecule has 4 nitrogen and oxygen atoms in total. The topological polar surface area (TPSA) is 48.7 Å². The van der Waals surface area contributed by atoms with Crippen LogP contribution in [-0.4, -0.2) is 33.4 Å². The number of fused-ring (bicyclic) bond motifs is 2. The number of aromatic nitrogens is 1. The van der Waals surface area contributed by atoms with E-state index < -0.39 is 0 Å². The fourth-order valence-corrected chi connectivity index (χ4v) is 3.81. The summed E-state index contributed by atoms with van der Waals surface area (Å²) in [5, 5.41) is 12.9. The van der Waals surface area contributed by atoms with E-state index in [4.69, 9.17) is 0 Å². The molecule has 3 atom stereocenters. The van der Waals surface area contributed by atoms with E-state index >= 15 is 0 Å². The third-order valence-corrected chi connectivity index (χ3v) is 4.69. The highest BCUT2D eigenvalue weighted by atomic mass is 16.4. The van der Waals surface area contributed by atoms with Gasteiger partial charge in [0.05, 0.1) is 11.8 Å². The molecule has 2 bridgehead atoms. The Kier molecular flexibility index (Phi) is 3.51. The number of oxime groups is 1. The Morgan fingerprint density at radius 3 is 2.84 bits per heavy atom. The lowest BCUT2D eigenvalue weighted by Crippen LogP contribution is -2.44. The predicted octanol–water partition coefficient (Wildman–Crippen LogP) is 2.53. The molecule has 2 saturated carbocycles. The molecule has 1 N–H and O–H groups in total. The zero-order chi connectivity index (χ0) is 13.2. The van der Waals surface area contributed by atoms with E-state index in [-0.39, 0.29) is 0 Å². The van der Waals surface area contributed by atoms with Crippen LogP contribution in [0, 0.1) is 11.8 Å². The molecule has 0 aliphatic heterocycles. The molecular formula is C15H21N3O. The summed E-state index contributed by atoms with van der Waals surface area (Å²) in [6.07, 6.45) is 7.36. The summed E-state index contributed by atoms with van der Waals surface area (Å²) in [5.74, 6) is 1.20. The van der Waals surface area contributed by atoms with Gasteiger partial charge >= 0.3 is 0 Å². The Balaban J connectivity index is 1.79. The maximum Gasteiger partial charge on any atom is 0.0775 e. The summed E-state index contributed by atoms with van der Waals surface area (Å²) in [5.41, 5.74) is 2.30. The standard InChI is InChI=1S/C15H21N3O/c1-2-18(10-11-5-7-16-8-6-11)15-13-4-3-12(9-13)14(15)17-19/h5-8,12-13,15,19H,2-4,9-10H2,1H3/b17-14+/t12-,13-,15+/m0/s1. The molecule has 0 amide bonds. The van der Waals surface area contributed by atoms with Gasteiger partial charge in [-0.05, 0) is 49.4 Å². The van der Waals surface area contributed by atoms with Crippen molar-refractivity contribution in [2.45, 2.75) is 38.8 Å². The molecule has 2 aliphatic carbocycles. The highest BCUT2D eigenvalue weighted by Crippen LogP contribution is 2.45. The molecule has 0 aromatic carbocycles. The largest absolute Gasteiger partial charge is 0.411 e. The first-order valence-electron chi connectivity index (χ1n) is 7.18. The SMILES string of the molecule is CCN(Cc1ccncc1)[C@H]1/C(=N/O)[C@H]2CC[C@H]1C2. The van der Waals surface area contributed by atoms with Gasteiger partial charge in [0.1, 0.15) is 0 Å². The van der Waals surface area contributed by atoms with Gasteiger partial charge in [-0.25, -0.2) is 0 Å². The van der Waals surface area contributed by atoms with Crippen LogP contribution in [0.2, 0.25) is 0 Å². The average Bonchev–Trinajstić information content (AvgIpc) is 3.06. The van der Waals surface area contributed by atoms with Gasteiger partial charge in [0, 0.05) is 24.9 Å². The van der Waals surface area contributed by atoms with E-state index in [0.29, 0.717) is 17.9 Å². The molecule has 2 fully saturated rings. The van der Waals surface area contributed by atoms with Gasteiger partial charge in [0.2, 0.25) is 0 Å². The first kappa shape index (κ1) is 12.6. The van der Waals surface area contributed by atoms with Gasteiger partial charge in [0.25, 0.3) is 0 Å². The van der Waals surface area contributed by atoms with E-state index in [2.05, 4.69) is 34.1 Å². The van der Waals surface area contributed by atoms with E-state index in [0.717, 1.165) is 18.8 Å². The summed E-state index contributed by atoms with van der Waals surface area (Å²) < 4.78 is 0. The smallest absolute Gasteiger partial charge is 0.0775 e. The minimum absolute atomic E-state index is 0.335.